The Morgan fingerprint density at radius 1 is 1.58 bits per heavy atom. The van der Waals surface area contributed by atoms with Crippen molar-refractivity contribution in [1.82, 2.24) is 14.6 Å². The fourth-order valence-electron chi connectivity index (χ4n) is 1.25. The first-order chi connectivity index (χ1) is 5.83. The van der Waals surface area contributed by atoms with Crippen LogP contribution in [0.4, 0.5) is 0 Å². The van der Waals surface area contributed by atoms with Gasteiger partial charge in [-0.2, -0.15) is 5.10 Å². The monoisotopic (exact) mass is 163 g/mol. The molecule has 0 saturated carbocycles. The van der Waals surface area contributed by atoms with Crippen LogP contribution >= 0.6 is 0 Å². The lowest BCUT2D eigenvalue weighted by Crippen LogP contribution is -1.88. The minimum atomic E-state index is 0.0508. The van der Waals surface area contributed by atoms with Crippen LogP contribution in [0.2, 0.25) is 0 Å². The average Bonchev–Trinajstić information content (AvgIpc) is 2.44. The molecule has 4 heteroatoms. The summed E-state index contributed by atoms with van der Waals surface area (Å²) in [4.78, 5) is 3.91. The number of aliphatic hydroxyl groups is 1. The van der Waals surface area contributed by atoms with Gasteiger partial charge in [0.15, 0.2) is 0 Å². The van der Waals surface area contributed by atoms with Gasteiger partial charge >= 0.3 is 0 Å². The molecule has 2 aromatic rings. The molecule has 0 amide bonds. The van der Waals surface area contributed by atoms with Crippen LogP contribution in [0.1, 0.15) is 11.1 Å². The van der Waals surface area contributed by atoms with Crippen LogP contribution < -0.4 is 0 Å². The quantitative estimate of drug-likeness (QED) is 0.667. The number of aryl methyl sites for hydroxylation is 1. The maximum absolute atomic E-state index is 8.96. The molecule has 2 aromatic heterocycles. The summed E-state index contributed by atoms with van der Waals surface area (Å²) < 4.78 is 1.72. The summed E-state index contributed by atoms with van der Waals surface area (Å²) in [5, 5.41) is 13.0. The number of aliphatic hydroxyl groups excluding tert-OH is 1. The van der Waals surface area contributed by atoms with Gasteiger partial charge in [-0.15, -0.1) is 0 Å². The van der Waals surface area contributed by atoms with E-state index in [1.165, 1.54) is 6.33 Å². The average molecular weight is 163 g/mol. The molecule has 0 unspecified atom stereocenters. The van der Waals surface area contributed by atoms with Crippen molar-refractivity contribution >= 4 is 5.52 Å². The van der Waals surface area contributed by atoms with Crippen molar-refractivity contribution in [2.24, 2.45) is 0 Å². The molecule has 62 valence electrons. The molecule has 0 radical (unpaired) electrons. The van der Waals surface area contributed by atoms with E-state index in [9.17, 15) is 0 Å². The van der Waals surface area contributed by atoms with Crippen LogP contribution in [-0.4, -0.2) is 19.7 Å². The fourth-order valence-corrected chi connectivity index (χ4v) is 1.25. The van der Waals surface area contributed by atoms with Crippen molar-refractivity contribution in [1.29, 1.82) is 0 Å². The second-order valence-electron chi connectivity index (χ2n) is 2.68. The summed E-state index contributed by atoms with van der Waals surface area (Å²) in [5.41, 5.74) is 2.88. The van der Waals surface area contributed by atoms with Gasteiger partial charge in [-0.1, -0.05) is 0 Å². The molecule has 0 bridgehead atoms. The Morgan fingerprint density at radius 2 is 2.42 bits per heavy atom. The van der Waals surface area contributed by atoms with Crippen molar-refractivity contribution in [2.45, 2.75) is 13.5 Å². The van der Waals surface area contributed by atoms with Crippen LogP contribution in [0.25, 0.3) is 5.52 Å². The van der Waals surface area contributed by atoms with Gasteiger partial charge in [0.25, 0.3) is 0 Å². The topological polar surface area (TPSA) is 50.4 Å². The maximum atomic E-state index is 8.96. The molecule has 0 aliphatic heterocycles. The molecule has 0 aliphatic carbocycles. The van der Waals surface area contributed by atoms with E-state index >= 15 is 0 Å². The van der Waals surface area contributed by atoms with Gasteiger partial charge < -0.3 is 5.11 Å². The summed E-state index contributed by atoms with van der Waals surface area (Å²) >= 11 is 0. The Hall–Kier alpha value is -1.42. The number of rotatable bonds is 1. The normalized spacial score (nSPS) is 10.8. The SMILES string of the molecule is Cc1c(CO)cn2ncncc12. The van der Waals surface area contributed by atoms with Gasteiger partial charge in [0.2, 0.25) is 0 Å². The van der Waals surface area contributed by atoms with Gasteiger partial charge in [0.05, 0.1) is 18.3 Å². The molecular weight excluding hydrogens is 154 g/mol. The molecule has 4 nitrogen and oxygen atoms in total. The zero-order valence-electron chi connectivity index (χ0n) is 6.73. The van der Waals surface area contributed by atoms with Crippen LogP contribution in [0.5, 0.6) is 0 Å². The summed E-state index contributed by atoms with van der Waals surface area (Å²) in [6, 6.07) is 0. The third kappa shape index (κ3) is 0.887. The minimum Gasteiger partial charge on any atom is -0.392 e. The summed E-state index contributed by atoms with van der Waals surface area (Å²) in [5.74, 6) is 0. The number of aromatic nitrogens is 3. The van der Waals surface area contributed by atoms with Crippen LogP contribution in [0.15, 0.2) is 18.7 Å². The second-order valence-corrected chi connectivity index (χ2v) is 2.68. The molecule has 0 aliphatic rings. The van der Waals surface area contributed by atoms with E-state index in [2.05, 4.69) is 10.1 Å². The highest BCUT2D eigenvalue weighted by Gasteiger charge is 2.04. The second kappa shape index (κ2) is 2.57. The van der Waals surface area contributed by atoms with Crippen LogP contribution in [0.3, 0.4) is 0 Å². The number of nitrogens with zero attached hydrogens (tertiary/aromatic N) is 3. The van der Waals surface area contributed by atoms with Crippen LogP contribution in [0, 0.1) is 6.92 Å². The van der Waals surface area contributed by atoms with Crippen molar-refractivity contribution in [3.05, 3.63) is 29.8 Å². The molecule has 2 rings (SSSR count). The largest absolute Gasteiger partial charge is 0.392 e. The predicted octanol–water partition coefficient (Wildman–Crippen LogP) is 0.530. The molecule has 0 saturated heterocycles. The minimum absolute atomic E-state index is 0.0508. The van der Waals surface area contributed by atoms with E-state index in [0.29, 0.717) is 0 Å². The summed E-state index contributed by atoms with van der Waals surface area (Å²) in [6.45, 7) is 2.00. The summed E-state index contributed by atoms with van der Waals surface area (Å²) in [6.07, 6.45) is 5.03. The predicted molar refractivity (Wildman–Crippen MR) is 43.6 cm³/mol. The Balaban J connectivity index is 2.78. The molecule has 0 fully saturated rings. The van der Waals surface area contributed by atoms with E-state index in [-0.39, 0.29) is 6.61 Å². The van der Waals surface area contributed by atoms with Gasteiger partial charge in [-0.3, -0.25) is 0 Å². The van der Waals surface area contributed by atoms with E-state index in [0.717, 1.165) is 16.6 Å². The van der Waals surface area contributed by atoms with E-state index in [4.69, 9.17) is 5.11 Å². The Bertz CT molecular complexity index is 408. The van der Waals surface area contributed by atoms with E-state index < -0.39 is 0 Å². The smallest absolute Gasteiger partial charge is 0.136 e. The number of hydrogen-bond donors (Lipinski definition) is 1. The van der Waals surface area contributed by atoms with Crippen LogP contribution in [-0.2, 0) is 6.61 Å². The van der Waals surface area contributed by atoms with Gasteiger partial charge in [-0.05, 0) is 12.5 Å². The van der Waals surface area contributed by atoms with Crippen molar-refractivity contribution in [3.8, 4) is 0 Å². The van der Waals surface area contributed by atoms with Crippen molar-refractivity contribution in [2.75, 3.05) is 0 Å². The number of fused-ring (bicyclic) bond motifs is 1. The Kier molecular flexibility index (Phi) is 1.55. The third-order valence-electron chi connectivity index (χ3n) is 2.00. The first-order valence-electron chi connectivity index (χ1n) is 3.70. The number of hydrogen-bond acceptors (Lipinski definition) is 3. The Morgan fingerprint density at radius 3 is 3.08 bits per heavy atom. The Labute approximate surface area is 69.5 Å². The molecule has 0 atom stereocenters. The third-order valence-corrected chi connectivity index (χ3v) is 2.00. The zero-order chi connectivity index (χ0) is 8.55. The highest BCUT2D eigenvalue weighted by molar-refractivity contribution is 5.55. The lowest BCUT2D eigenvalue weighted by Gasteiger charge is -1.91. The molecular formula is C8H9N3O. The lowest BCUT2D eigenvalue weighted by atomic mass is 10.2. The fraction of sp³-hybridized carbons (Fsp3) is 0.250. The summed E-state index contributed by atoms with van der Waals surface area (Å²) in [7, 11) is 0. The zero-order valence-corrected chi connectivity index (χ0v) is 6.73. The molecule has 0 spiro atoms. The molecule has 12 heavy (non-hydrogen) atoms. The van der Waals surface area contributed by atoms with Crippen molar-refractivity contribution < 1.29 is 5.11 Å². The standard InChI is InChI=1S/C8H9N3O/c1-6-7(4-12)3-11-8(6)2-9-5-10-11/h2-3,5,12H,4H2,1H3. The molecule has 0 aromatic carbocycles. The highest BCUT2D eigenvalue weighted by atomic mass is 16.3. The van der Waals surface area contributed by atoms with E-state index in [1.54, 1.807) is 10.7 Å². The molecule has 1 N–H and O–H groups in total. The highest BCUT2D eigenvalue weighted by Crippen LogP contribution is 2.14. The first kappa shape index (κ1) is 7.24. The van der Waals surface area contributed by atoms with Crippen molar-refractivity contribution in [3.63, 3.8) is 0 Å². The van der Waals surface area contributed by atoms with Gasteiger partial charge in [0.1, 0.15) is 6.33 Å². The maximum Gasteiger partial charge on any atom is 0.136 e. The van der Waals surface area contributed by atoms with Gasteiger partial charge in [-0.25, -0.2) is 9.50 Å². The molecule has 2 heterocycles. The van der Waals surface area contributed by atoms with Gasteiger partial charge in [0, 0.05) is 11.8 Å². The first-order valence-corrected chi connectivity index (χ1v) is 3.70. The van der Waals surface area contributed by atoms with E-state index in [1.807, 2.05) is 13.1 Å². The lowest BCUT2D eigenvalue weighted by molar-refractivity contribution is 0.281.